The van der Waals surface area contributed by atoms with Gasteiger partial charge in [-0.15, -0.1) is 0 Å². The van der Waals surface area contributed by atoms with Crippen LogP contribution in [0.25, 0.3) is 6.08 Å². The minimum absolute atomic E-state index is 0.268. The van der Waals surface area contributed by atoms with Crippen LogP contribution >= 0.6 is 11.8 Å². The third-order valence-electron chi connectivity index (χ3n) is 1.97. The van der Waals surface area contributed by atoms with Crippen LogP contribution in [0, 0.1) is 11.3 Å². The number of carbonyl (C=O) groups excluding carboxylic acids is 1. The van der Waals surface area contributed by atoms with Crippen LogP contribution in [0.3, 0.4) is 0 Å². The van der Waals surface area contributed by atoms with Gasteiger partial charge in [-0.25, -0.2) is 0 Å². The highest BCUT2D eigenvalue weighted by Crippen LogP contribution is 2.26. The van der Waals surface area contributed by atoms with E-state index in [9.17, 15) is 4.79 Å². The number of amides is 1. The highest BCUT2D eigenvalue weighted by atomic mass is 32.2. The van der Waals surface area contributed by atoms with E-state index in [-0.39, 0.29) is 11.1 Å². The number of carbonyl (C=O) groups is 1. The van der Waals surface area contributed by atoms with Crippen LogP contribution in [0.1, 0.15) is 11.1 Å². The summed E-state index contributed by atoms with van der Waals surface area (Å²) in [5.74, 6) is -0.313. The minimum Gasteiger partial charge on any atom is -0.378 e. The molecule has 5 heteroatoms. The molecule has 1 heterocycles. The average Bonchev–Trinajstić information content (AvgIpc) is 2.59. The molecule has 0 aliphatic carbocycles. The summed E-state index contributed by atoms with van der Waals surface area (Å²) in [5.41, 5.74) is 6.86. The maximum atomic E-state index is 11.3. The van der Waals surface area contributed by atoms with Crippen molar-refractivity contribution in [3.05, 3.63) is 40.3 Å². The van der Waals surface area contributed by atoms with Crippen molar-refractivity contribution < 1.29 is 4.79 Å². The molecule has 0 saturated carbocycles. The first-order valence-corrected chi connectivity index (χ1v) is 5.29. The molecule has 1 aliphatic rings. The van der Waals surface area contributed by atoms with Crippen molar-refractivity contribution in [2.24, 2.45) is 10.7 Å². The van der Waals surface area contributed by atoms with Crippen LogP contribution in [0.5, 0.6) is 0 Å². The monoisotopic (exact) mass is 229 g/mol. The zero-order chi connectivity index (χ0) is 11.5. The van der Waals surface area contributed by atoms with E-state index < -0.39 is 0 Å². The molecule has 1 aromatic carbocycles. The first-order chi connectivity index (χ1) is 7.69. The number of benzene rings is 1. The van der Waals surface area contributed by atoms with Crippen molar-refractivity contribution in [2.45, 2.75) is 0 Å². The van der Waals surface area contributed by atoms with E-state index in [0.717, 1.165) is 17.3 Å². The number of nitrogens with two attached hydrogens (primary N) is 1. The fourth-order valence-electron chi connectivity index (χ4n) is 1.23. The van der Waals surface area contributed by atoms with Gasteiger partial charge in [0.25, 0.3) is 5.91 Å². The molecule has 0 saturated heterocycles. The van der Waals surface area contributed by atoms with Gasteiger partial charge >= 0.3 is 0 Å². The van der Waals surface area contributed by atoms with Crippen molar-refractivity contribution in [3.63, 3.8) is 0 Å². The van der Waals surface area contributed by atoms with E-state index in [1.807, 2.05) is 6.07 Å². The fourth-order valence-corrected chi connectivity index (χ4v) is 1.91. The van der Waals surface area contributed by atoms with Crippen molar-refractivity contribution in [3.8, 4) is 6.07 Å². The summed E-state index contributed by atoms with van der Waals surface area (Å²) >= 11 is 1.15. The molecule has 0 radical (unpaired) electrons. The van der Waals surface area contributed by atoms with Crippen LogP contribution in [0.15, 0.2) is 34.2 Å². The van der Waals surface area contributed by atoms with Gasteiger partial charge in [-0.3, -0.25) is 4.79 Å². The summed E-state index contributed by atoms with van der Waals surface area (Å²) in [5, 5.41) is 8.90. The standard InChI is InChI=1S/C11H7N3OS/c12-6-8-3-1-7(2-4-8)5-9-10(15)14-11(13)16-9/h1-5H,(H2,13,14,15)/b9-5+. The van der Waals surface area contributed by atoms with Gasteiger partial charge in [-0.05, 0) is 35.5 Å². The SMILES string of the molecule is N#Cc1ccc(/C=C2/SC(N)=NC2=O)cc1. The second-order valence-corrected chi connectivity index (χ2v) is 4.16. The number of nitriles is 1. The van der Waals surface area contributed by atoms with E-state index >= 15 is 0 Å². The molecule has 0 atom stereocenters. The van der Waals surface area contributed by atoms with Crippen molar-refractivity contribution in [1.29, 1.82) is 5.26 Å². The van der Waals surface area contributed by atoms with Crippen LogP contribution in [0.4, 0.5) is 0 Å². The maximum absolute atomic E-state index is 11.3. The molecule has 0 spiro atoms. The van der Waals surface area contributed by atoms with Gasteiger partial charge in [-0.2, -0.15) is 10.3 Å². The van der Waals surface area contributed by atoms with Gasteiger partial charge in [0.05, 0.1) is 16.5 Å². The second kappa shape index (κ2) is 4.21. The summed E-state index contributed by atoms with van der Waals surface area (Å²) in [6.07, 6.45) is 1.71. The topological polar surface area (TPSA) is 79.2 Å². The lowest BCUT2D eigenvalue weighted by atomic mass is 10.1. The quantitative estimate of drug-likeness (QED) is 0.740. The number of amidine groups is 1. The molecule has 16 heavy (non-hydrogen) atoms. The van der Waals surface area contributed by atoms with Crippen molar-refractivity contribution in [2.75, 3.05) is 0 Å². The molecule has 4 nitrogen and oxygen atoms in total. The maximum Gasteiger partial charge on any atom is 0.286 e. The van der Waals surface area contributed by atoms with Crippen molar-refractivity contribution in [1.82, 2.24) is 0 Å². The van der Waals surface area contributed by atoms with Gasteiger partial charge in [0.2, 0.25) is 0 Å². The summed E-state index contributed by atoms with van der Waals surface area (Å²) in [6.45, 7) is 0. The summed E-state index contributed by atoms with van der Waals surface area (Å²) < 4.78 is 0. The number of nitrogens with zero attached hydrogens (tertiary/aromatic N) is 2. The summed E-state index contributed by atoms with van der Waals surface area (Å²) in [7, 11) is 0. The van der Waals surface area contributed by atoms with Crippen molar-refractivity contribution >= 4 is 28.9 Å². The Hall–Kier alpha value is -2.06. The zero-order valence-corrected chi connectivity index (χ0v) is 8.99. The van der Waals surface area contributed by atoms with E-state index in [1.54, 1.807) is 30.3 Å². The molecule has 1 amide bonds. The first-order valence-electron chi connectivity index (χ1n) is 4.47. The van der Waals surface area contributed by atoms with Crippen LogP contribution in [-0.2, 0) is 4.79 Å². The Morgan fingerprint density at radius 3 is 2.56 bits per heavy atom. The van der Waals surface area contributed by atoms with E-state index in [4.69, 9.17) is 11.0 Å². The largest absolute Gasteiger partial charge is 0.378 e. The first kappa shape index (κ1) is 10.5. The van der Waals surface area contributed by atoms with E-state index in [1.165, 1.54) is 0 Å². The third-order valence-corrected chi connectivity index (χ3v) is 2.79. The van der Waals surface area contributed by atoms with E-state index in [0.29, 0.717) is 10.5 Å². The summed E-state index contributed by atoms with van der Waals surface area (Å²) in [6, 6.07) is 8.96. The molecule has 78 valence electrons. The zero-order valence-electron chi connectivity index (χ0n) is 8.18. The molecule has 0 bridgehead atoms. The predicted octanol–water partition coefficient (Wildman–Crippen LogP) is 1.49. The molecule has 2 rings (SSSR count). The van der Waals surface area contributed by atoms with Gasteiger partial charge in [0.15, 0.2) is 5.17 Å². The molecule has 0 unspecified atom stereocenters. The number of hydrogen-bond acceptors (Lipinski definition) is 4. The Kier molecular flexibility index (Phi) is 2.75. The summed E-state index contributed by atoms with van der Waals surface area (Å²) in [4.78, 5) is 15.4. The number of rotatable bonds is 1. The van der Waals surface area contributed by atoms with Crippen LogP contribution in [-0.4, -0.2) is 11.1 Å². The Morgan fingerprint density at radius 1 is 1.38 bits per heavy atom. The van der Waals surface area contributed by atoms with Gasteiger partial charge in [-0.1, -0.05) is 12.1 Å². The van der Waals surface area contributed by atoms with Crippen LogP contribution in [0.2, 0.25) is 0 Å². The lowest BCUT2D eigenvalue weighted by Gasteiger charge is -1.95. The highest BCUT2D eigenvalue weighted by Gasteiger charge is 2.19. The number of thioether (sulfide) groups is 1. The lowest BCUT2D eigenvalue weighted by molar-refractivity contribution is -0.113. The normalized spacial score (nSPS) is 17.3. The number of aliphatic imine (C=N–C) groups is 1. The molecular formula is C11H7N3OS. The van der Waals surface area contributed by atoms with Gasteiger partial charge in [0, 0.05) is 0 Å². The van der Waals surface area contributed by atoms with Gasteiger partial charge < -0.3 is 5.73 Å². The second-order valence-electron chi connectivity index (χ2n) is 3.10. The van der Waals surface area contributed by atoms with Crippen LogP contribution < -0.4 is 5.73 Å². The third kappa shape index (κ3) is 2.12. The van der Waals surface area contributed by atoms with Gasteiger partial charge in [0.1, 0.15) is 0 Å². The molecule has 0 aromatic heterocycles. The Bertz CT molecular complexity index is 537. The average molecular weight is 229 g/mol. The fraction of sp³-hybridized carbons (Fsp3) is 0. The predicted molar refractivity (Wildman–Crippen MR) is 63.4 cm³/mol. The Morgan fingerprint density at radius 2 is 2.06 bits per heavy atom. The molecule has 0 fully saturated rings. The smallest absolute Gasteiger partial charge is 0.286 e. The number of hydrogen-bond donors (Lipinski definition) is 1. The molecule has 2 N–H and O–H groups in total. The van der Waals surface area contributed by atoms with E-state index in [2.05, 4.69) is 4.99 Å². The Labute approximate surface area is 96.5 Å². The highest BCUT2D eigenvalue weighted by molar-refractivity contribution is 8.18. The minimum atomic E-state index is -0.313. The molecular weight excluding hydrogens is 222 g/mol. The molecule has 1 aromatic rings. The lowest BCUT2D eigenvalue weighted by Crippen LogP contribution is -2.01. The Balaban J connectivity index is 2.25. The molecule has 1 aliphatic heterocycles.